The van der Waals surface area contributed by atoms with Crippen molar-refractivity contribution in [3.63, 3.8) is 0 Å². The van der Waals surface area contributed by atoms with Gasteiger partial charge in [0.05, 0.1) is 6.10 Å². The van der Waals surface area contributed by atoms with E-state index in [2.05, 4.69) is 12.1 Å². The first-order valence-corrected chi connectivity index (χ1v) is 10.0. The lowest BCUT2D eigenvalue weighted by atomic mass is 9.60. The molecule has 0 aliphatic heterocycles. The summed E-state index contributed by atoms with van der Waals surface area (Å²) < 4.78 is 6.06. The molecule has 146 valence electrons. The second kappa shape index (κ2) is 6.06. The zero-order valence-electron chi connectivity index (χ0n) is 16.1. The number of hydrogen-bond acceptors (Lipinski definition) is 4. The molecular weight excluding hydrogens is 352 g/mol. The van der Waals surface area contributed by atoms with Crippen molar-refractivity contribution >= 4 is 6.09 Å². The largest absolute Gasteiger partial charge is 0.436 e. The molecule has 0 aromatic heterocycles. The summed E-state index contributed by atoms with van der Waals surface area (Å²) in [7, 11) is 1.80. The van der Waals surface area contributed by atoms with Crippen LogP contribution in [0.25, 0.3) is 11.1 Å². The van der Waals surface area contributed by atoms with Crippen LogP contribution in [0.1, 0.15) is 49.3 Å². The van der Waals surface area contributed by atoms with Gasteiger partial charge in [0.15, 0.2) is 6.10 Å². The number of aliphatic hydroxyl groups is 1. The molecule has 4 aliphatic carbocycles. The minimum absolute atomic E-state index is 0.338. The molecule has 0 spiro atoms. The lowest BCUT2D eigenvalue weighted by Gasteiger charge is -2.57. The van der Waals surface area contributed by atoms with Crippen LogP contribution in [-0.4, -0.2) is 40.3 Å². The van der Waals surface area contributed by atoms with E-state index in [1.54, 1.807) is 11.9 Å². The molecule has 0 radical (unpaired) electrons. The highest BCUT2D eigenvalue weighted by molar-refractivity contribution is 5.80. The molecule has 0 heterocycles. The third-order valence-electron chi connectivity index (χ3n) is 7.33. The van der Waals surface area contributed by atoms with E-state index in [1.165, 1.54) is 0 Å². The predicted molar refractivity (Wildman–Crippen MR) is 107 cm³/mol. The molecule has 5 heteroatoms. The Bertz CT molecular complexity index is 887. The van der Waals surface area contributed by atoms with E-state index in [0.717, 1.165) is 47.9 Å². The molecular formula is C23H26N2O3. The molecule has 1 atom stereocenters. The fraction of sp³-hybridized carbons (Fsp3) is 0.435. The van der Waals surface area contributed by atoms with Crippen molar-refractivity contribution in [2.45, 2.75) is 55.4 Å². The van der Waals surface area contributed by atoms with Crippen molar-refractivity contribution in [3.05, 3.63) is 59.7 Å². The third-order valence-corrected chi connectivity index (χ3v) is 7.33. The smallest absolute Gasteiger partial charge is 0.410 e. The first-order chi connectivity index (χ1) is 13.4. The van der Waals surface area contributed by atoms with Crippen LogP contribution >= 0.6 is 0 Å². The van der Waals surface area contributed by atoms with E-state index in [0.29, 0.717) is 6.42 Å². The summed E-state index contributed by atoms with van der Waals surface area (Å²) in [6.45, 7) is 0. The Kier molecular flexibility index (Phi) is 3.83. The molecule has 3 fully saturated rings. The topological polar surface area (TPSA) is 75.8 Å². The Morgan fingerprint density at radius 2 is 1.57 bits per heavy atom. The first-order valence-electron chi connectivity index (χ1n) is 10.0. The van der Waals surface area contributed by atoms with Crippen molar-refractivity contribution in [1.29, 1.82) is 0 Å². The van der Waals surface area contributed by atoms with Crippen molar-refractivity contribution in [2.24, 2.45) is 5.73 Å². The summed E-state index contributed by atoms with van der Waals surface area (Å²) in [5, 5.41) is 10.5. The van der Waals surface area contributed by atoms with E-state index in [4.69, 9.17) is 10.5 Å². The molecule has 2 aromatic carbocycles. The van der Waals surface area contributed by atoms with Gasteiger partial charge in [0.1, 0.15) is 0 Å². The Morgan fingerprint density at radius 1 is 1.04 bits per heavy atom. The normalized spacial score (nSPS) is 30.6. The van der Waals surface area contributed by atoms with Gasteiger partial charge in [-0.1, -0.05) is 48.5 Å². The van der Waals surface area contributed by atoms with Crippen LogP contribution in [-0.2, 0) is 4.74 Å². The van der Waals surface area contributed by atoms with Crippen LogP contribution in [0.15, 0.2) is 48.5 Å². The number of nitrogens with zero attached hydrogens (tertiary/aromatic N) is 1. The summed E-state index contributed by atoms with van der Waals surface area (Å²) in [5.74, 6) is 0. The van der Waals surface area contributed by atoms with Crippen LogP contribution in [0.4, 0.5) is 4.79 Å². The average molecular weight is 378 g/mol. The molecule has 1 amide bonds. The number of ether oxygens (including phenoxy) is 1. The number of nitrogens with two attached hydrogens (primary N) is 1. The molecule has 2 aromatic rings. The number of rotatable bonds is 2. The van der Waals surface area contributed by atoms with Gasteiger partial charge in [0, 0.05) is 29.3 Å². The SMILES string of the molecule is CN(C(=O)OC1c2ccccc2-c2ccccc21)C12CCC(N)(CC1)[C@H](O)C2. The van der Waals surface area contributed by atoms with Crippen LogP contribution in [0.2, 0.25) is 0 Å². The lowest BCUT2D eigenvalue weighted by Crippen LogP contribution is -2.68. The van der Waals surface area contributed by atoms with E-state index >= 15 is 0 Å². The number of carbonyl (C=O) groups is 1. The van der Waals surface area contributed by atoms with Crippen molar-refractivity contribution in [1.82, 2.24) is 4.90 Å². The quantitative estimate of drug-likeness (QED) is 0.837. The molecule has 0 unspecified atom stereocenters. The van der Waals surface area contributed by atoms with E-state index < -0.39 is 17.7 Å². The second-order valence-corrected chi connectivity index (χ2v) is 8.67. The molecule has 2 bridgehead atoms. The van der Waals surface area contributed by atoms with Crippen LogP contribution in [0, 0.1) is 0 Å². The standard InChI is InChI=1S/C23H26N2O3/c1-25(22-10-12-23(24,13-11-22)19(26)14-22)21(27)28-20-17-8-4-2-6-15(17)16-7-3-5-9-18(16)20/h2-9,19-20,26H,10-14,24H2,1H3/t19-,22?,23?/m1/s1. The fourth-order valence-corrected chi connectivity index (χ4v) is 5.36. The van der Waals surface area contributed by atoms with Gasteiger partial charge in [-0.2, -0.15) is 0 Å². The lowest BCUT2D eigenvalue weighted by molar-refractivity contribution is -0.0836. The number of carbonyl (C=O) groups excluding carboxylic acids is 1. The maximum Gasteiger partial charge on any atom is 0.410 e. The van der Waals surface area contributed by atoms with Crippen molar-refractivity contribution < 1.29 is 14.6 Å². The number of amides is 1. The monoisotopic (exact) mass is 378 g/mol. The second-order valence-electron chi connectivity index (χ2n) is 8.67. The van der Waals surface area contributed by atoms with Crippen molar-refractivity contribution in [2.75, 3.05) is 7.05 Å². The Labute approximate surface area is 165 Å². The van der Waals surface area contributed by atoms with Gasteiger partial charge in [-0.05, 0) is 43.2 Å². The van der Waals surface area contributed by atoms with E-state index in [-0.39, 0.29) is 11.6 Å². The maximum atomic E-state index is 13.2. The summed E-state index contributed by atoms with van der Waals surface area (Å²) in [4.78, 5) is 14.9. The highest BCUT2D eigenvalue weighted by Crippen LogP contribution is 2.50. The Morgan fingerprint density at radius 3 is 2.11 bits per heavy atom. The van der Waals surface area contributed by atoms with Gasteiger partial charge in [0.2, 0.25) is 0 Å². The molecule has 0 saturated heterocycles. The van der Waals surface area contributed by atoms with Crippen LogP contribution < -0.4 is 5.73 Å². The summed E-state index contributed by atoms with van der Waals surface area (Å²) in [5.41, 5.74) is 9.76. The molecule has 28 heavy (non-hydrogen) atoms. The highest BCUT2D eigenvalue weighted by atomic mass is 16.6. The molecule has 5 nitrogen and oxygen atoms in total. The van der Waals surface area contributed by atoms with Crippen LogP contribution in [0.5, 0.6) is 0 Å². The average Bonchev–Trinajstić information content (AvgIpc) is 3.03. The Hall–Kier alpha value is -2.37. The minimum Gasteiger partial charge on any atom is -0.436 e. The highest BCUT2D eigenvalue weighted by Gasteiger charge is 2.55. The number of hydrogen-bond donors (Lipinski definition) is 2. The third kappa shape index (κ3) is 2.43. The molecule has 6 rings (SSSR count). The van der Waals surface area contributed by atoms with Gasteiger partial charge in [-0.3, -0.25) is 0 Å². The number of aliphatic hydroxyl groups excluding tert-OH is 1. The molecule has 4 aliphatic rings. The Balaban J connectivity index is 1.42. The predicted octanol–water partition coefficient (Wildman–Crippen LogP) is 3.60. The zero-order valence-corrected chi connectivity index (χ0v) is 16.1. The summed E-state index contributed by atoms with van der Waals surface area (Å²) >= 11 is 0. The number of benzene rings is 2. The van der Waals surface area contributed by atoms with Gasteiger partial charge < -0.3 is 20.5 Å². The maximum absolute atomic E-state index is 13.2. The zero-order chi connectivity index (χ0) is 19.5. The van der Waals surface area contributed by atoms with E-state index in [1.807, 2.05) is 36.4 Å². The fourth-order valence-electron chi connectivity index (χ4n) is 5.36. The number of fused-ring (bicyclic) bond motifs is 6. The van der Waals surface area contributed by atoms with Crippen LogP contribution in [0.3, 0.4) is 0 Å². The molecule has 3 N–H and O–H groups in total. The van der Waals surface area contributed by atoms with Gasteiger partial charge in [0.25, 0.3) is 0 Å². The van der Waals surface area contributed by atoms with Crippen molar-refractivity contribution in [3.8, 4) is 11.1 Å². The van der Waals surface area contributed by atoms with E-state index in [9.17, 15) is 9.90 Å². The van der Waals surface area contributed by atoms with Gasteiger partial charge >= 0.3 is 6.09 Å². The van der Waals surface area contributed by atoms with Gasteiger partial charge in [-0.15, -0.1) is 0 Å². The first kappa shape index (κ1) is 17.7. The van der Waals surface area contributed by atoms with Gasteiger partial charge in [-0.25, -0.2) is 4.79 Å². The summed E-state index contributed by atoms with van der Waals surface area (Å²) in [6, 6.07) is 16.2. The minimum atomic E-state index is -0.571. The molecule has 3 saturated carbocycles. The summed E-state index contributed by atoms with van der Waals surface area (Å²) in [6.07, 6.45) is 2.31.